The van der Waals surface area contributed by atoms with Gasteiger partial charge >= 0.3 is 0 Å². The minimum absolute atomic E-state index is 0.0215. The van der Waals surface area contributed by atoms with Crippen molar-refractivity contribution in [2.45, 2.75) is 13.3 Å². The lowest BCUT2D eigenvalue weighted by molar-refractivity contribution is -0.128. The first-order chi connectivity index (χ1) is 12.5. The van der Waals surface area contributed by atoms with Gasteiger partial charge < -0.3 is 21.7 Å². The summed E-state index contributed by atoms with van der Waals surface area (Å²) in [7, 11) is 3.51. The van der Waals surface area contributed by atoms with E-state index in [4.69, 9.17) is 11.5 Å². The van der Waals surface area contributed by atoms with Crippen molar-refractivity contribution in [3.63, 3.8) is 0 Å². The highest BCUT2D eigenvalue weighted by Gasteiger charge is 2.22. The molecule has 0 aliphatic carbocycles. The molecule has 26 heavy (non-hydrogen) atoms. The molecule has 8 heteroatoms. The molecule has 1 aliphatic rings. The van der Waals surface area contributed by atoms with Crippen molar-refractivity contribution in [3.8, 4) is 0 Å². The molecule has 1 amide bonds. The first kappa shape index (κ1) is 19.2. The molecule has 0 radical (unpaired) electrons. The van der Waals surface area contributed by atoms with Gasteiger partial charge in [-0.05, 0) is 12.1 Å². The molecule has 0 fully saturated rings. The number of carbonyl (C=O) groups excluding carboxylic acids is 1. The summed E-state index contributed by atoms with van der Waals surface area (Å²) in [5.41, 5.74) is 15.7. The smallest absolute Gasteiger partial charge is 0.219 e. The van der Waals surface area contributed by atoms with Gasteiger partial charge in [-0.15, -0.1) is 0 Å². The van der Waals surface area contributed by atoms with Crippen molar-refractivity contribution >= 4 is 29.2 Å². The summed E-state index contributed by atoms with van der Waals surface area (Å²) in [5, 5.41) is 3.16. The van der Waals surface area contributed by atoms with Gasteiger partial charge in [-0.3, -0.25) is 14.8 Å². The number of pyridine rings is 1. The molecule has 1 aliphatic heterocycles. The van der Waals surface area contributed by atoms with Crippen LogP contribution in [0.15, 0.2) is 45.8 Å². The van der Waals surface area contributed by atoms with Crippen LogP contribution in [0.4, 0.5) is 5.69 Å². The van der Waals surface area contributed by atoms with E-state index in [0.29, 0.717) is 35.9 Å². The second-order valence-corrected chi connectivity index (χ2v) is 5.80. The van der Waals surface area contributed by atoms with E-state index in [2.05, 4.69) is 20.3 Å². The van der Waals surface area contributed by atoms with E-state index >= 15 is 0 Å². The number of amides is 1. The van der Waals surface area contributed by atoms with E-state index in [-0.39, 0.29) is 5.91 Å². The highest BCUT2D eigenvalue weighted by molar-refractivity contribution is 6.09. The largest absolute Gasteiger partial charge is 0.404 e. The lowest BCUT2D eigenvalue weighted by Gasteiger charge is -2.29. The van der Waals surface area contributed by atoms with Gasteiger partial charge in [-0.2, -0.15) is 0 Å². The Labute approximate surface area is 153 Å². The zero-order valence-electron chi connectivity index (χ0n) is 15.4. The second-order valence-electron chi connectivity index (χ2n) is 5.80. The molecule has 2 rings (SSSR count). The summed E-state index contributed by atoms with van der Waals surface area (Å²) in [6.45, 7) is 2.67. The minimum atomic E-state index is 0.0215. The molecule has 5 N–H and O–H groups in total. The molecule has 0 saturated heterocycles. The number of aliphatic imine (C=N–C) groups is 2. The Balaban J connectivity index is 2.36. The predicted octanol–water partition coefficient (Wildman–Crippen LogP) is 0.796. The SMILES string of the molecule is CN=CC(=CN)c1cc(N=C(N)C2=C(NC)CCN(C(C)=O)C2)ccn1. The Kier molecular flexibility index (Phi) is 6.48. The van der Waals surface area contributed by atoms with Gasteiger partial charge in [0.25, 0.3) is 0 Å². The Morgan fingerprint density at radius 3 is 2.85 bits per heavy atom. The zero-order chi connectivity index (χ0) is 19.1. The average molecular weight is 355 g/mol. The average Bonchev–Trinajstić information content (AvgIpc) is 2.65. The number of nitrogens with one attached hydrogen (secondary N) is 1. The summed E-state index contributed by atoms with van der Waals surface area (Å²) in [6, 6.07) is 3.55. The third-order valence-electron chi connectivity index (χ3n) is 4.14. The van der Waals surface area contributed by atoms with E-state index < -0.39 is 0 Å². The van der Waals surface area contributed by atoms with Crippen molar-refractivity contribution in [1.29, 1.82) is 0 Å². The van der Waals surface area contributed by atoms with Crippen LogP contribution in [0.3, 0.4) is 0 Å². The van der Waals surface area contributed by atoms with Crippen molar-refractivity contribution < 1.29 is 4.79 Å². The molecule has 1 aromatic rings. The predicted molar refractivity (Wildman–Crippen MR) is 105 cm³/mol. The fourth-order valence-corrected chi connectivity index (χ4v) is 2.73. The van der Waals surface area contributed by atoms with Gasteiger partial charge in [0.15, 0.2) is 0 Å². The highest BCUT2D eigenvalue weighted by atomic mass is 16.2. The first-order valence-electron chi connectivity index (χ1n) is 8.30. The molecule has 8 nitrogen and oxygen atoms in total. The zero-order valence-corrected chi connectivity index (χ0v) is 15.4. The Morgan fingerprint density at radius 1 is 1.46 bits per heavy atom. The summed E-state index contributed by atoms with van der Waals surface area (Å²) in [6.07, 6.45) is 5.44. The molecule has 0 saturated carbocycles. The van der Waals surface area contributed by atoms with Gasteiger partial charge in [0.1, 0.15) is 5.84 Å². The lowest BCUT2D eigenvalue weighted by atomic mass is 10.0. The highest BCUT2D eigenvalue weighted by Crippen LogP contribution is 2.20. The lowest BCUT2D eigenvalue weighted by Crippen LogP contribution is -2.40. The molecule has 0 aromatic carbocycles. The van der Waals surface area contributed by atoms with Gasteiger partial charge in [0, 0.05) is 69.4 Å². The van der Waals surface area contributed by atoms with Crippen molar-refractivity contribution in [2.75, 3.05) is 27.2 Å². The maximum atomic E-state index is 11.7. The normalized spacial score (nSPS) is 16.3. The van der Waals surface area contributed by atoms with Crippen LogP contribution in [0.25, 0.3) is 5.57 Å². The minimum Gasteiger partial charge on any atom is -0.404 e. The molecule has 0 spiro atoms. The molecular formula is C18H25N7O. The standard InChI is InChI=1S/C18H25N7O/c1-12(26)25-7-5-16(22-3)15(11-25)18(20)24-14-4-6-23-17(8-14)13(9-19)10-21-2/h4,6,8-10,22H,5,7,11,19H2,1-3H3,(H2,20,23,24). The van der Waals surface area contributed by atoms with Gasteiger partial charge in [-0.1, -0.05) is 0 Å². The van der Waals surface area contributed by atoms with E-state index in [0.717, 1.165) is 17.7 Å². The summed E-state index contributed by atoms with van der Waals surface area (Å²) in [4.78, 5) is 26.2. The number of aromatic nitrogens is 1. The summed E-state index contributed by atoms with van der Waals surface area (Å²) < 4.78 is 0. The number of nitrogens with zero attached hydrogens (tertiary/aromatic N) is 4. The second kappa shape index (κ2) is 8.80. The molecule has 0 atom stereocenters. The number of allylic oxidation sites excluding steroid dienone is 1. The summed E-state index contributed by atoms with van der Waals surface area (Å²) >= 11 is 0. The molecule has 2 heterocycles. The number of hydrogen-bond acceptors (Lipinski definition) is 6. The van der Waals surface area contributed by atoms with Gasteiger partial charge in [0.05, 0.1) is 17.9 Å². The monoisotopic (exact) mass is 355 g/mol. The van der Waals surface area contributed by atoms with Crippen molar-refractivity contribution in [1.82, 2.24) is 15.2 Å². The van der Waals surface area contributed by atoms with Crippen LogP contribution in [0.1, 0.15) is 19.0 Å². The maximum absolute atomic E-state index is 11.7. The van der Waals surface area contributed by atoms with Crippen LogP contribution in [0.2, 0.25) is 0 Å². The molecule has 138 valence electrons. The number of rotatable bonds is 5. The van der Waals surface area contributed by atoms with Crippen molar-refractivity contribution in [3.05, 3.63) is 41.5 Å². The van der Waals surface area contributed by atoms with Crippen LogP contribution >= 0.6 is 0 Å². The molecule has 0 bridgehead atoms. The van der Waals surface area contributed by atoms with Crippen LogP contribution in [0.5, 0.6) is 0 Å². The summed E-state index contributed by atoms with van der Waals surface area (Å²) in [5.74, 6) is 0.396. The number of nitrogens with two attached hydrogens (primary N) is 2. The third kappa shape index (κ3) is 4.47. The Bertz CT molecular complexity index is 792. The third-order valence-corrected chi connectivity index (χ3v) is 4.14. The van der Waals surface area contributed by atoms with Crippen LogP contribution in [-0.4, -0.2) is 55.0 Å². The maximum Gasteiger partial charge on any atom is 0.219 e. The van der Waals surface area contributed by atoms with E-state index in [9.17, 15) is 4.79 Å². The van der Waals surface area contributed by atoms with Crippen LogP contribution in [0, 0.1) is 0 Å². The van der Waals surface area contributed by atoms with Crippen LogP contribution in [-0.2, 0) is 4.79 Å². The fourth-order valence-electron chi connectivity index (χ4n) is 2.73. The Morgan fingerprint density at radius 2 is 2.23 bits per heavy atom. The number of amidine groups is 1. The molecule has 1 aromatic heterocycles. The van der Waals surface area contributed by atoms with Gasteiger partial charge in [-0.25, -0.2) is 4.99 Å². The quantitative estimate of drug-likeness (QED) is 0.532. The number of hydrogen-bond donors (Lipinski definition) is 3. The molecular weight excluding hydrogens is 330 g/mol. The van der Waals surface area contributed by atoms with E-state index in [1.165, 1.54) is 6.20 Å². The Hall–Kier alpha value is -3.16. The van der Waals surface area contributed by atoms with Gasteiger partial charge in [0.2, 0.25) is 5.91 Å². The number of carbonyl (C=O) groups is 1. The van der Waals surface area contributed by atoms with E-state index in [1.54, 1.807) is 43.4 Å². The molecule has 0 unspecified atom stereocenters. The first-order valence-corrected chi connectivity index (χ1v) is 8.30. The van der Waals surface area contributed by atoms with E-state index in [1.807, 2.05) is 7.05 Å². The van der Waals surface area contributed by atoms with Crippen LogP contribution < -0.4 is 16.8 Å². The van der Waals surface area contributed by atoms with Crippen molar-refractivity contribution in [2.24, 2.45) is 21.5 Å². The fraction of sp³-hybridized carbons (Fsp3) is 0.333. The topological polar surface area (TPSA) is 122 Å².